The molecule has 6 rings (SSSR count). The van der Waals surface area contributed by atoms with Crippen LogP contribution in [0.1, 0.15) is 155 Å². The summed E-state index contributed by atoms with van der Waals surface area (Å²) in [6, 6.07) is -2.90. The Bertz CT molecular complexity index is 1410. The summed E-state index contributed by atoms with van der Waals surface area (Å²) in [7, 11) is 0. The Morgan fingerprint density at radius 3 is 1.47 bits per heavy atom. The van der Waals surface area contributed by atoms with Gasteiger partial charge in [-0.25, -0.2) is 5.48 Å². The molecule has 334 valence electrons. The van der Waals surface area contributed by atoms with Gasteiger partial charge in [-0.2, -0.15) is 0 Å². The van der Waals surface area contributed by atoms with Crippen molar-refractivity contribution in [3.05, 3.63) is 20.2 Å². The minimum Gasteiger partial charge on any atom is -0.481 e. The van der Waals surface area contributed by atoms with Crippen molar-refractivity contribution in [1.29, 1.82) is 0 Å². The molecule has 0 bridgehead atoms. The molecule has 6 aliphatic carbocycles. The molecule has 16 nitrogen and oxygen atoms in total. The Labute approximate surface area is 347 Å². The number of nitro groups is 2. The summed E-state index contributed by atoms with van der Waals surface area (Å²) in [5, 5.41) is 56.3. The molecule has 0 radical (unpaired) electrons. The SMILES string of the molecule is CC(C)(C1CCC(OC2CCC(NC(=O)C3C(C(=O)O)CCCC3[N+](=O)[O-])CC2)CC1)C1CCC(OC2CCC(C(NO)C3C(C(=O)O)CCCC3[N+](=O)[O-])CC2)CC1. The standard InChI is InChI=1S/C43H70N4O12/c1-43(2,26-11-19-30(20-12-26)58-29-17-9-25(10-18-29)39(45-53)37-33(41(49)50)5-3-7-35(37)46(54)55)27-13-21-31(22-14-27)59-32-23-15-28(16-24-32)44-40(48)38-34(42(51)52)6-4-8-36(38)47(56)57/h25-39,45,53H,3-24H2,1-2H3,(H,44,48)(H,49,50)(H,51,52). The fourth-order valence-electron chi connectivity index (χ4n) is 12.8. The van der Waals surface area contributed by atoms with Gasteiger partial charge in [-0.3, -0.25) is 34.6 Å². The van der Waals surface area contributed by atoms with Gasteiger partial charge >= 0.3 is 11.9 Å². The van der Waals surface area contributed by atoms with Crippen LogP contribution in [0.5, 0.6) is 0 Å². The molecular formula is C43H70N4O12. The van der Waals surface area contributed by atoms with E-state index < -0.39 is 64.6 Å². The smallest absolute Gasteiger partial charge is 0.307 e. The Morgan fingerprint density at radius 1 is 0.610 bits per heavy atom. The Balaban J connectivity index is 0.886. The molecule has 16 heteroatoms. The molecule has 7 atom stereocenters. The van der Waals surface area contributed by atoms with Gasteiger partial charge in [0, 0.05) is 34.8 Å². The molecule has 5 N–H and O–H groups in total. The number of ether oxygens (including phenoxy) is 2. The van der Waals surface area contributed by atoms with Crippen molar-refractivity contribution in [2.45, 2.75) is 204 Å². The van der Waals surface area contributed by atoms with Gasteiger partial charge in [-0.15, -0.1) is 0 Å². The van der Waals surface area contributed by atoms with Crippen LogP contribution in [0.4, 0.5) is 0 Å². The average molecular weight is 835 g/mol. The van der Waals surface area contributed by atoms with E-state index in [0.717, 1.165) is 89.9 Å². The van der Waals surface area contributed by atoms with Crippen molar-refractivity contribution in [2.75, 3.05) is 0 Å². The summed E-state index contributed by atoms with van der Waals surface area (Å²) in [4.78, 5) is 59.9. The number of hydrogen-bond acceptors (Lipinski definition) is 11. The van der Waals surface area contributed by atoms with Gasteiger partial charge < -0.3 is 30.2 Å². The zero-order valence-corrected chi connectivity index (χ0v) is 35.1. The molecule has 6 saturated carbocycles. The van der Waals surface area contributed by atoms with Crippen molar-refractivity contribution in [1.82, 2.24) is 10.8 Å². The van der Waals surface area contributed by atoms with Gasteiger partial charge in [-0.05, 0) is 152 Å². The summed E-state index contributed by atoms with van der Waals surface area (Å²) in [6.45, 7) is 4.88. The van der Waals surface area contributed by atoms with E-state index in [9.17, 15) is 50.0 Å². The highest BCUT2D eigenvalue weighted by Gasteiger charge is 2.51. The lowest BCUT2D eigenvalue weighted by atomic mass is 9.60. The van der Waals surface area contributed by atoms with Crippen LogP contribution < -0.4 is 10.8 Å². The molecule has 0 saturated heterocycles. The molecule has 0 aromatic heterocycles. The van der Waals surface area contributed by atoms with E-state index in [-0.39, 0.29) is 59.6 Å². The summed E-state index contributed by atoms with van der Waals surface area (Å²) < 4.78 is 13.3. The predicted octanol–water partition coefficient (Wildman–Crippen LogP) is 6.79. The number of aliphatic carboxylic acids is 2. The molecule has 6 fully saturated rings. The number of nitrogens with one attached hydrogen (secondary N) is 2. The van der Waals surface area contributed by atoms with Crippen molar-refractivity contribution in [3.63, 3.8) is 0 Å². The van der Waals surface area contributed by atoms with Gasteiger partial charge in [0.25, 0.3) is 0 Å². The van der Waals surface area contributed by atoms with E-state index in [1.807, 2.05) is 0 Å². The Hall–Kier alpha value is -2.95. The maximum Gasteiger partial charge on any atom is 0.307 e. The highest BCUT2D eigenvalue weighted by atomic mass is 16.6. The van der Waals surface area contributed by atoms with E-state index in [2.05, 4.69) is 24.6 Å². The molecule has 7 unspecified atom stereocenters. The number of rotatable bonds is 15. The zero-order chi connectivity index (χ0) is 42.4. The Morgan fingerprint density at radius 2 is 1.03 bits per heavy atom. The van der Waals surface area contributed by atoms with Crippen LogP contribution in [0, 0.1) is 67.1 Å². The Kier molecular flexibility index (Phi) is 15.7. The highest BCUT2D eigenvalue weighted by Crippen LogP contribution is 2.50. The summed E-state index contributed by atoms with van der Waals surface area (Å²) in [5.74, 6) is -5.24. The number of carboxylic acid groups (broad SMARTS) is 2. The quantitative estimate of drug-likeness (QED) is 0.0845. The van der Waals surface area contributed by atoms with Crippen molar-refractivity contribution < 1.29 is 49.1 Å². The number of hydroxylamine groups is 1. The van der Waals surface area contributed by atoms with Gasteiger partial charge in [0.1, 0.15) is 5.92 Å². The fourth-order valence-corrected chi connectivity index (χ4v) is 12.8. The molecule has 1 amide bonds. The lowest BCUT2D eigenvalue weighted by Crippen LogP contribution is -2.54. The van der Waals surface area contributed by atoms with Crippen LogP contribution in [0.2, 0.25) is 0 Å². The van der Waals surface area contributed by atoms with Crippen LogP contribution in [0.3, 0.4) is 0 Å². The molecule has 0 heterocycles. The minimum atomic E-state index is -1.16. The largest absolute Gasteiger partial charge is 0.481 e. The molecule has 0 spiro atoms. The van der Waals surface area contributed by atoms with Crippen LogP contribution in [-0.2, 0) is 23.9 Å². The number of carbonyl (C=O) groups excluding carboxylic acids is 1. The van der Waals surface area contributed by atoms with E-state index in [1.54, 1.807) is 0 Å². The topological polar surface area (TPSA) is 241 Å². The second-order valence-electron chi connectivity index (χ2n) is 19.8. The van der Waals surface area contributed by atoms with Gasteiger partial charge in [-0.1, -0.05) is 13.8 Å². The van der Waals surface area contributed by atoms with Crippen LogP contribution in [-0.4, -0.2) is 91.7 Å². The third kappa shape index (κ3) is 10.9. The van der Waals surface area contributed by atoms with E-state index in [0.29, 0.717) is 50.4 Å². The van der Waals surface area contributed by atoms with Crippen molar-refractivity contribution in [2.24, 2.45) is 46.8 Å². The first-order valence-corrected chi connectivity index (χ1v) is 22.9. The summed E-state index contributed by atoms with van der Waals surface area (Å²) >= 11 is 0. The molecule has 59 heavy (non-hydrogen) atoms. The first kappa shape index (κ1) is 45.6. The first-order chi connectivity index (χ1) is 28.2. The second kappa shape index (κ2) is 20.3. The number of carboxylic acids is 2. The normalized spacial score (nSPS) is 39.0. The molecule has 6 aliphatic rings. The zero-order valence-electron chi connectivity index (χ0n) is 35.1. The van der Waals surface area contributed by atoms with E-state index >= 15 is 0 Å². The monoisotopic (exact) mass is 834 g/mol. The van der Waals surface area contributed by atoms with Crippen molar-refractivity contribution >= 4 is 17.8 Å². The van der Waals surface area contributed by atoms with Crippen LogP contribution >= 0.6 is 0 Å². The van der Waals surface area contributed by atoms with Gasteiger partial charge in [0.05, 0.1) is 42.2 Å². The number of nitrogens with zero attached hydrogens (tertiary/aromatic N) is 2. The van der Waals surface area contributed by atoms with E-state index in [4.69, 9.17) is 9.47 Å². The maximum atomic E-state index is 13.2. The van der Waals surface area contributed by atoms with Gasteiger partial charge in [0.15, 0.2) is 0 Å². The summed E-state index contributed by atoms with van der Waals surface area (Å²) in [5.41, 5.74) is 2.55. The highest BCUT2D eigenvalue weighted by molar-refractivity contribution is 5.85. The lowest BCUT2D eigenvalue weighted by molar-refractivity contribution is -0.539. The second-order valence-corrected chi connectivity index (χ2v) is 19.8. The summed E-state index contributed by atoms with van der Waals surface area (Å²) in [6.07, 6.45) is 17.5. The van der Waals surface area contributed by atoms with E-state index in [1.165, 1.54) is 0 Å². The van der Waals surface area contributed by atoms with Crippen molar-refractivity contribution in [3.8, 4) is 0 Å². The number of amides is 1. The molecule has 0 aliphatic heterocycles. The third-order valence-corrected chi connectivity index (χ3v) is 16.3. The minimum absolute atomic E-state index is 0.0457. The van der Waals surface area contributed by atoms with Crippen LogP contribution in [0.25, 0.3) is 0 Å². The third-order valence-electron chi connectivity index (χ3n) is 16.3. The first-order valence-electron chi connectivity index (χ1n) is 22.9. The number of carbonyl (C=O) groups is 3. The molecule has 0 aromatic rings. The lowest BCUT2D eigenvalue weighted by Gasteiger charge is -2.47. The molecular weight excluding hydrogens is 764 g/mol. The van der Waals surface area contributed by atoms with Crippen LogP contribution in [0.15, 0.2) is 0 Å². The predicted molar refractivity (Wildman–Crippen MR) is 215 cm³/mol. The average Bonchev–Trinajstić information content (AvgIpc) is 3.22. The number of hydrogen-bond donors (Lipinski definition) is 5. The van der Waals surface area contributed by atoms with Gasteiger partial charge in [0.2, 0.25) is 18.0 Å². The fraction of sp³-hybridized carbons (Fsp3) is 0.930. The molecule has 0 aromatic carbocycles. The maximum absolute atomic E-state index is 13.2.